The maximum absolute atomic E-state index is 7.24. The fourth-order valence-corrected chi connectivity index (χ4v) is 10.5. The highest BCUT2D eigenvalue weighted by Gasteiger charge is 2.20. The van der Waals surface area contributed by atoms with Crippen molar-refractivity contribution >= 4 is 0 Å². The lowest BCUT2D eigenvalue weighted by Crippen LogP contribution is -2.08. The fourth-order valence-electron chi connectivity index (χ4n) is 10.5. The van der Waals surface area contributed by atoms with Gasteiger partial charge in [-0.3, -0.25) is 0 Å². The van der Waals surface area contributed by atoms with Crippen LogP contribution in [0.3, 0.4) is 0 Å². The number of ether oxygens (including phenoxy) is 1. The van der Waals surface area contributed by atoms with Gasteiger partial charge in [0.15, 0.2) is 0 Å². The topological polar surface area (TPSA) is 9.23 Å². The van der Waals surface area contributed by atoms with E-state index in [9.17, 15) is 0 Å². The van der Waals surface area contributed by atoms with Crippen molar-refractivity contribution in [3.63, 3.8) is 0 Å². The largest absolute Gasteiger partial charge is 0.457 e. The summed E-state index contributed by atoms with van der Waals surface area (Å²) in [5, 5.41) is 0. The Morgan fingerprint density at radius 1 is 0.262 bits per heavy atom. The summed E-state index contributed by atoms with van der Waals surface area (Å²) in [6.07, 6.45) is 66.6. The average Bonchev–Trinajstić information content (AvgIpc) is 3.32. The van der Waals surface area contributed by atoms with Crippen LogP contribution in [0.25, 0.3) is 0 Å². The predicted molar refractivity (Wildman–Crippen MR) is 294 cm³/mol. The molecule has 0 saturated carbocycles. The molecule has 0 aliphatic heterocycles. The van der Waals surface area contributed by atoms with Crippen LogP contribution < -0.4 is 4.74 Å². The third kappa shape index (κ3) is 33.4. The van der Waals surface area contributed by atoms with Crippen LogP contribution in [0.1, 0.15) is 332 Å². The van der Waals surface area contributed by atoms with Gasteiger partial charge >= 0.3 is 0 Å². The van der Waals surface area contributed by atoms with Gasteiger partial charge < -0.3 is 4.74 Å². The first-order valence-electron chi connectivity index (χ1n) is 30.1. The van der Waals surface area contributed by atoms with E-state index >= 15 is 0 Å². The molecular weight excluding hydrogens is 785 g/mol. The second-order valence-electron chi connectivity index (χ2n) is 21.0. The van der Waals surface area contributed by atoms with E-state index in [1.807, 2.05) is 0 Å². The summed E-state index contributed by atoms with van der Waals surface area (Å²) < 4.78 is 7.24. The van der Waals surface area contributed by atoms with Gasteiger partial charge in [0.05, 0.1) is 0 Å². The second kappa shape index (κ2) is 46.0. The Balaban J connectivity index is 2.23. The van der Waals surface area contributed by atoms with E-state index in [1.165, 1.54) is 314 Å². The smallest absolute Gasteiger partial charge is 0.134 e. The summed E-state index contributed by atoms with van der Waals surface area (Å²) in [5.41, 5.74) is 6.44. The van der Waals surface area contributed by atoms with E-state index < -0.39 is 0 Å². The molecule has 0 atom stereocenters. The van der Waals surface area contributed by atoms with Crippen LogP contribution >= 0.6 is 0 Å². The van der Waals surface area contributed by atoms with Crippen LogP contribution in [-0.2, 0) is 25.7 Å². The van der Waals surface area contributed by atoms with E-state index in [1.54, 1.807) is 22.3 Å². The molecule has 2 aromatic rings. The number of benzene rings is 2. The first-order valence-corrected chi connectivity index (χ1v) is 30.1. The summed E-state index contributed by atoms with van der Waals surface area (Å²) in [4.78, 5) is 0. The van der Waals surface area contributed by atoms with Crippen molar-refractivity contribution in [1.82, 2.24) is 0 Å². The van der Waals surface area contributed by atoms with Crippen molar-refractivity contribution in [2.45, 2.75) is 336 Å². The molecule has 0 aliphatic carbocycles. The second-order valence-corrected chi connectivity index (χ2v) is 21.0. The molecule has 2 aromatic carbocycles. The molecule has 65 heavy (non-hydrogen) atoms. The lowest BCUT2D eigenvalue weighted by Gasteiger charge is -2.23. The number of unbranched alkanes of at least 4 members (excludes halogenated alkanes) is 40. The van der Waals surface area contributed by atoms with Crippen molar-refractivity contribution in [3.05, 3.63) is 58.7 Å². The lowest BCUT2D eigenvalue weighted by molar-refractivity contribution is 0.461. The Bertz CT molecular complexity index is 1190. The Labute approximate surface area is 409 Å². The maximum Gasteiger partial charge on any atom is 0.134 e. The minimum Gasteiger partial charge on any atom is -0.457 e. The fraction of sp³-hybridized carbons (Fsp3) is 0.812. The zero-order chi connectivity index (χ0) is 46.4. The molecular formula is C64H114O. The molecule has 0 radical (unpaired) electrons. The molecule has 0 amide bonds. The van der Waals surface area contributed by atoms with Gasteiger partial charge in [0.1, 0.15) is 11.5 Å². The van der Waals surface area contributed by atoms with Gasteiger partial charge in [-0.15, -0.1) is 0 Å². The van der Waals surface area contributed by atoms with E-state index in [0.717, 1.165) is 5.75 Å². The lowest BCUT2D eigenvalue weighted by atomic mass is 9.86. The van der Waals surface area contributed by atoms with E-state index in [4.69, 9.17) is 4.74 Å². The summed E-state index contributed by atoms with van der Waals surface area (Å²) >= 11 is 0. The zero-order valence-electron chi connectivity index (χ0n) is 44.8. The Morgan fingerprint density at radius 2 is 0.492 bits per heavy atom. The molecule has 1 heteroatoms. The molecule has 0 unspecified atom stereocenters. The van der Waals surface area contributed by atoms with Crippen molar-refractivity contribution in [2.24, 2.45) is 0 Å². The maximum atomic E-state index is 7.24. The highest BCUT2D eigenvalue weighted by Crippen LogP contribution is 2.38. The van der Waals surface area contributed by atoms with Crippen LogP contribution in [0.5, 0.6) is 11.5 Å². The number of para-hydroxylation sites is 1. The molecule has 0 aromatic heterocycles. The van der Waals surface area contributed by atoms with Crippen LogP contribution in [0.4, 0.5) is 0 Å². The number of rotatable bonds is 50. The molecule has 376 valence electrons. The van der Waals surface area contributed by atoms with Gasteiger partial charge in [0, 0.05) is 0 Å². The molecule has 0 aliphatic rings. The molecule has 0 heterocycles. The van der Waals surface area contributed by atoms with Crippen LogP contribution in [0, 0.1) is 0 Å². The minimum atomic E-state index is 1.03. The van der Waals surface area contributed by atoms with Crippen LogP contribution in [0.15, 0.2) is 36.4 Å². The number of hydrogen-bond donors (Lipinski definition) is 0. The third-order valence-corrected chi connectivity index (χ3v) is 14.8. The van der Waals surface area contributed by atoms with Crippen molar-refractivity contribution in [2.75, 3.05) is 0 Å². The first kappa shape index (κ1) is 59.4. The predicted octanol–water partition coefficient (Wildman–Crippen LogP) is 22.9. The summed E-state index contributed by atoms with van der Waals surface area (Å²) in [7, 11) is 0. The van der Waals surface area contributed by atoms with Gasteiger partial charge in [-0.2, -0.15) is 0 Å². The van der Waals surface area contributed by atoms with Crippen molar-refractivity contribution < 1.29 is 4.74 Å². The molecule has 2 rings (SSSR count). The van der Waals surface area contributed by atoms with Crippen LogP contribution in [0.2, 0.25) is 0 Å². The van der Waals surface area contributed by atoms with E-state index in [0.29, 0.717) is 0 Å². The molecule has 1 nitrogen and oxygen atoms in total. The zero-order valence-corrected chi connectivity index (χ0v) is 44.8. The van der Waals surface area contributed by atoms with Crippen molar-refractivity contribution in [3.8, 4) is 11.5 Å². The molecule has 0 spiro atoms. The quantitative estimate of drug-likeness (QED) is 0.0601. The SMILES string of the molecule is CCCCCCCCCCCCCc1cc(CCCCCCCCCCCCC)c(CCCCCCCCCCCCC)c(Oc2ccccc2)c1CCCCCCCCCCCCC. The van der Waals surface area contributed by atoms with Gasteiger partial charge in [-0.05, 0) is 85.8 Å². The number of hydrogen-bond acceptors (Lipinski definition) is 1. The standard InChI is InChI=1S/C64H114O/c1-5-9-13-17-21-25-29-33-37-41-46-52-59-58-60(53-47-42-38-34-30-26-22-18-14-10-6-2)63(57-51-44-40-36-32-28-24-20-16-12-8-4)64(65-61-54-48-45-49-55-61)62(59)56-50-43-39-35-31-27-23-19-15-11-7-3/h45,48-49,54-55,58H,5-44,46-47,50-53,56-57H2,1-4H3. The average molecular weight is 900 g/mol. The number of aryl methyl sites for hydroxylation is 2. The molecule has 0 N–H and O–H groups in total. The van der Waals surface area contributed by atoms with Gasteiger partial charge in [0.2, 0.25) is 0 Å². The minimum absolute atomic E-state index is 1.03. The van der Waals surface area contributed by atoms with Crippen LogP contribution in [-0.4, -0.2) is 0 Å². The van der Waals surface area contributed by atoms with Gasteiger partial charge in [-0.25, -0.2) is 0 Å². The third-order valence-electron chi connectivity index (χ3n) is 14.8. The summed E-state index contributed by atoms with van der Waals surface area (Å²) in [6, 6.07) is 13.7. The van der Waals surface area contributed by atoms with E-state index in [2.05, 4.69) is 64.1 Å². The summed E-state index contributed by atoms with van der Waals surface area (Å²) in [5.74, 6) is 2.31. The highest BCUT2D eigenvalue weighted by molar-refractivity contribution is 5.53. The Kier molecular flexibility index (Phi) is 42.0. The highest BCUT2D eigenvalue weighted by atomic mass is 16.5. The summed E-state index contributed by atoms with van der Waals surface area (Å²) in [6.45, 7) is 9.31. The molecule has 0 bridgehead atoms. The Hall–Kier alpha value is -1.76. The van der Waals surface area contributed by atoms with Crippen molar-refractivity contribution in [1.29, 1.82) is 0 Å². The molecule has 0 saturated heterocycles. The first-order chi connectivity index (χ1) is 32.2. The Morgan fingerprint density at radius 3 is 0.754 bits per heavy atom. The van der Waals surface area contributed by atoms with E-state index in [-0.39, 0.29) is 0 Å². The molecule has 0 fully saturated rings. The monoisotopic (exact) mass is 899 g/mol. The normalized spacial score (nSPS) is 11.6. The van der Waals surface area contributed by atoms with Gasteiger partial charge in [-0.1, -0.05) is 309 Å². The van der Waals surface area contributed by atoms with Gasteiger partial charge in [0.25, 0.3) is 0 Å².